The van der Waals surface area contributed by atoms with Crippen LogP contribution in [0.4, 0.5) is 0 Å². The summed E-state index contributed by atoms with van der Waals surface area (Å²) in [6, 6.07) is -0.986. The predicted molar refractivity (Wildman–Crippen MR) is 365 cm³/mol. The van der Waals surface area contributed by atoms with Gasteiger partial charge in [-0.05, 0) is 57.8 Å². The number of amides is 1. The SMILES string of the molecule is CCC/C=C/CC/C=C/C(O)C(COC1OC(CO)C(OC2OC(CO)C(OC3OC(CO)C(O)C(O)C3O)C(O)C2O)C(O)C1O)NC(=O)CCCCCCCCCCCCCCCCCCCCCCCCCCCCCCC/C=C\C/C=C\CCCCCCC. The normalized spacial score (nSPS) is 27.8. The van der Waals surface area contributed by atoms with Gasteiger partial charge in [-0.2, -0.15) is 0 Å². The van der Waals surface area contributed by atoms with Crippen LogP contribution in [-0.2, 0) is 33.2 Å². The Hall–Kier alpha value is -2.25. The highest BCUT2D eigenvalue weighted by Gasteiger charge is 2.53. The van der Waals surface area contributed by atoms with Crippen LogP contribution in [0.2, 0.25) is 0 Å². The van der Waals surface area contributed by atoms with E-state index in [9.17, 15) is 61.0 Å². The molecule has 0 bridgehead atoms. The van der Waals surface area contributed by atoms with Crippen LogP contribution in [0.3, 0.4) is 0 Å². The fourth-order valence-electron chi connectivity index (χ4n) is 12.5. The lowest BCUT2D eigenvalue weighted by atomic mass is 9.96. The van der Waals surface area contributed by atoms with E-state index in [2.05, 4.69) is 55.6 Å². The lowest BCUT2D eigenvalue weighted by molar-refractivity contribution is -0.379. The van der Waals surface area contributed by atoms with Gasteiger partial charge in [-0.1, -0.05) is 268 Å². The number of hydrogen-bond donors (Lipinski definition) is 12. The van der Waals surface area contributed by atoms with Crippen molar-refractivity contribution in [2.24, 2.45) is 0 Å². The molecule has 17 unspecified atom stereocenters. The molecule has 3 fully saturated rings. The Morgan fingerprint density at radius 3 is 1.17 bits per heavy atom. The largest absolute Gasteiger partial charge is 0.394 e. The molecular weight excluding hydrogens is 1190 g/mol. The van der Waals surface area contributed by atoms with Gasteiger partial charge in [-0.25, -0.2) is 0 Å². The molecule has 1 amide bonds. The van der Waals surface area contributed by atoms with Crippen molar-refractivity contribution < 1.29 is 89.4 Å². The van der Waals surface area contributed by atoms with Crippen LogP contribution in [0, 0.1) is 0 Å². The lowest BCUT2D eigenvalue weighted by Gasteiger charge is -2.48. The second-order valence-corrected chi connectivity index (χ2v) is 26.7. The van der Waals surface area contributed by atoms with Gasteiger partial charge >= 0.3 is 0 Å². The molecule has 3 aliphatic rings. The summed E-state index contributed by atoms with van der Waals surface area (Å²) in [5.74, 6) is -0.286. The molecule has 93 heavy (non-hydrogen) atoms. The molecule has 0 aromatic carbocycles. The highest BCUT2D eigenvalue weighted by Crippen LogP contribution is 2.33. The molecule has 0 aliphatic carbocycles. The van der Waals surface area contributed by atoms with E-state index in [0.29, 0.717) is 12.8 Å². The van der Waals surface area contributed by atoms with Gasteiger partial charge in [-0.15, -0.1) is 0 Å². The summed E-state index contributed by atoms with van der Waals surface area (Å²) in [5, 5.41) is 120. The van der Waals surface area contributed by atoms with Crippen molar-refractivity contribution in [3.8, 4) is 0 Å². The molecule has 0 aromatic rings. The van der Waals surface area contributed by atoms with E-state index >= 15 is 0 Å². The van der Waals surface area contributed by atoms with Gasteiger partial charge in [0, 0.05) is 6.42 Å². The molecule has 0 radical (unpaired) electrons. The maximum atomic E-state index is 13.3. The number of carbonyl (C=O) groups is 1. The average Bonchev–Trinajstić information content (AvgIpc) is 0.849. The third-order valence-corrected chi connectivity index (χ3v) is 18.6. The molecule has 3 saturated heterocycles. The molecule has 0 spiro atoms. The van der Waals surface area contributed by atoms with E-state index in [1.54, 1.807) is 6.08 Å². The number of rotatable bonds is 58. The number of ether oxygens (including phenoxy) is 6. The Bertz CT molecular complexity index is 1870. The summed E-state index contributed by atoms with van der Waals surface area (Å²) in [6.45, 7) is 1.59. The van der Waals surface area contributed by atoms with E-state index in [1.165, 1.54) is 205 Å². The molecule has 0 aromatic heterocycles. The van der Waals surface area contributed by atoms with Crippen LogP contribution in [-0.4, -0.2) is 193 Å². The Morgan fingerprint density at radius 1 is 0.387 bits per heavy atom. The second kappa shape index (κ2) is 55.6. The number of carbonyl (C=O) groups excluding carboxylic acids is 1. The topological polar surface area (TPSA) is 307 Å². The minimum Gasteiger partial charge on any atom is -0.394 e. The van der Waals surface area contributed by atoms with Crippen LogP contribution in [0.5, 0.6) is 0 Å². The number of aliphatic hydroxyl groups is 11. The van der Waals surface area contributed by atoms with Crippen molar-refractivity contribution in [2.75, 3.05) is 26.4 Å². The summed E-state index contributed by atoms with van der Waals surface area (Å²) < 4.78 is 34.2. The Kier molecular flexibility index (Phi) is 50.8. The van der Waals surface area contributed by atoms with Crippen LogP contribution in [0.1, 0.15) is 284 Å². The zero-order chi connectivity index (χ0) is 67.5. The van der Waals surface area contributed by atoms with Crippen molar-refractivity contribution in [3.63, 3.8) is 0 Å². The summed E-state index contributed by atoms with van der Waals surface area (Å²) in [7, 11) is 0. The molecule has 3 rings (SSSR count). The lowest BCUT2D eigenvalue weighted by Crippen LogP contribution is -2.66. The average molecular weight is 1330 g/mol. The summed E-state index contributed by atoms with van der Waals surface area (Å²) in [4.78, 5) is 13.3. The third kappa shape index (κ3) is 37.0. The van der Waals surface area contributed by atoms with Crippen molar-refractivity contribution in [2.45, 2.75) is 388 Å². The summed E-state index contributed by atoms with van der Waals surface area (Å²) in [5.41, 5.74) is 0. The minimum absolute atomic E-state index is 0.238. The zero-order valence-corrected chi connectivity index (χ0v) is 57.7. The highest BCUT2D eigenvalue weighted by atomic mass is 16.8. The number of allylic oxidation sites excluding steroid dienone is 7. The number of aliphatic hydroxyl groups excluding tert-OH is 11. The molecule has 12 N–H and O–H groups in total. The molecule has 19 heteroatoms. The van der Waals surface area contributed by atoms with Crippen molar-refractivity contribution in [1.29, 1.82) is 0 Å². The third-order valence-electron chi connectivity index (χ3n) is 18.6. The Balaban J connectivity index is 1.21. The fourth-order valence-corrected chi connectivity index (χ4v) is 12.5. The molecule has 0 saturated carbocycles. The predicted octanol–water partition coefficient (Wildman–Crippen LogP) is 10.9. The minimum atomic E-state index is -1.98. The van der Waals surface area contributed by atoms with Gasteiger partial charge in [0.2, 0.25) is 5.91 Å². The van der Waals surface area contributed by atoms with Crippen LogP contribution in [0.25, 0.3) is 0 Å². The molecule has 17 atom stereocenters. The van der Waals surface area contributed by atoms with E-state index in [4.69, 9.17) is 28.4 Å². The molecule has 3 aliphatic heterocycles. The first kappa shape index (κ1) is 85.0. The van der Waals surface area contributed by atoms with Gasteiger partial charge in [0.25, 0.3) is 0 Å². The van der Waals surface area contributed by atoms with E-state index in [0.717, 1.165) is 44.9 Å². The van der Waals surface area contributed by atoms with Crippen molar-refractivity contribution in [3.05, 3.63) is 48.6 Å². The first-order chi connectivity index (χ1) is 45.3. The quantitative estimate of drug-likeness (QED) is 0.0199. The standard InChI is InChI=1S/C74H135NO18/c1-3-5-7-9-11-12-13-14-15-16-17-18-19-20-21-22-23-24-25-26-27-28-29-30-31-32-33-34-35-36-37-38-39-40-41-42-43-44-46-48-50-52-62(80)75-57(58(79)51-49-47-45-10-8-6-4-2)56-88-72-68(86)65(83)70(60(54-77)90-72)93-74-69(87)66(84)71(61(55-78)91-74)92-73-67(85)64(82)63(81)59(53-76)89-73/h8,10,13-14,16-17,49,51,57-61,63-74,76-79,81-87H,3-7,9,11-12,15,18-48,50,52-56H2,1-2H3,(H,75,80)/b10-8+,14-13-,17-16-,51-49+. The fraction of sp³-hybridized carbons (Fsp3) is 0.878. The number of nitrogens with one attached hydrogen (secondary N) is 1. The smallest absolute Gasteiger partial charge is 0.220 e. The summed E-state index contributed by atoms with van der Waals surface area (Å²) in [6.07, 6.45) is 42.1. The van der Waals surface area contributed by atoms with E-state index in [1.807, 2.05) is 6.08 Å². The van der Waals surface area contributed by atoms with Crippen molar-refractivity contribution in [1.82, 2.24) is 5.32 Å². The van der Waals surface area contributed by atoms with Crippen LogP contribution >= 0.6 is 0 Å². The second-order valence-electron chi connectivity index (χ2n) is 26.7. The van der Waals surface area contributed by atoms with Crippen LogP contribution in [0.15, 0.2) is 48.6 Å². The first-order valence-corrected chi connectivity index (χ1v) is 37.4. The molecule has 3 heterocycles. The van der Waals surface area contributed by atoms with E-state index in [-0.39, 0.29) is 18.9 Å². The molecule has 19 nitrogen and oxygen atoms in total. The Labute approximate surface area is 561 Å². The molecule has 544 valence electrons. The highest BCUT2D eigenvalue weighted by molar-refractivity contribution is 5.76. The Morgan fingerprint density at radius 2 is 0.742 bits per heavy atom. The van der Waals surface area contributed by atoms with Gasteiger partial charge in [0.15, 0.2) is 18.9 Å². The van der Waals surface area contributed by atoms with Gasteiger partial charge in [-0.3, -0.25) is 4.79 Å². The zero-order valence-electron chi connectivity index (χ0n) is 57.7. The van der Waals surface area contributed by atoms with E-state index < -0.39 is 124 Å². The van der Waals surface area contributed by atoms with Gasteiger partial charge < -0.3 is 89.9 Å². The molecular formula is C74H135NO18. The van der Waals surface area contributed by atoms with Gasteiger partial charge in [0.05, 0.1) is 38.6 Å². The number of unbranched alkanes of at least 4 members (excludes halogenated alkanes) is 36. The van der Waals surface area contributed by atoms with Crippen molar-refractivity contribution >= 4 is 5.91 Å². The van der Waals surface area contributed by atoms with Crippen LogP contribution < -0.4 is 5.32 Å². The monoisotopic (exact) mass is 1330 g/mol. The first-order valence-electron chi connectivity index (χ1n) is 37.4. The van der Waals surface area contributed by atoms with Gasteiger partial charge in [0.1, 0.15) is 73.2 Å². The number of hydrogen-bond acceptors (Lipinski definition) is 18. The maximum Gasteiger partial charge on any atom is 0.220 e. The summed E-state index contributed by atoms with van der Waals surface area (Å²) >= 11 is 0. The maximum absolute atomic E-state index is 13.3.